The second-order valence-electron chi connectivity index (χ2n) is 4.34. The molecule has 0 saturated carbocycles. The van der Waals surface area contributed by atoms with Crippen LogP contribution in [0.15, 0.2) is 91.5 Å². The third kappa shape index (κ3) is 2.03. The predicted molar refractivity (Wildman–Crippen MR) is 86.3 cm³/mol. The van der Waals surface area contributed by atoms with E-state index in [1.54, 1.807) is 0 Å². The van der Waals surface area contributed by atoms with Gasteiger partial charge in [0.25, 0.3) is 0 Å². The Bertz CT molecular complexity index is 607. The lowest BCUT2D eigenvalue weighted by Crippen LogP contribution is -2.07. The highest BCUT2D eigenvalue weighted by Crippen LogP contribution is 2.70. The van der Waals surface area contributed by atoms with Crippen LogP contribution in [0.2, 0.25) is 0 Å². The number of halogens is 1. The third-order valence-electron chi connectivity index (χ3n) is 3.17. The first-order chi connectivity index (χ1) is 9.23. The fourth-order valence-electron chi connectivity index (χ4n) is 2.31. The summed E-state index contributed by atoms with van der Waals surface area (Å²) in [7, 11) is -1.42. The molecule has 1 nitrogen and oxygen atoms in total. The number of allylic oxidation sites excluding steroid dienone is 2. The van der Waals surface area contributed by atoms with Crippen molar-refractivity contribution in [3.63, 3.8) is 0 Å². The molecule has 19 heavy (non-hydrogen) atoms. The second kappa shape index (κ2) is 4.91. The van der Waals surface area contributed by atoms with Crippen molar-refractivity contribution in [1.82, 2.24) is 0 Å². The van der Waals surface area contributed by atoms with Crippen molar-refractivity contribution < 1.29 is 0 Å². The monoisotopic (exact) mass is 331 g/mol. The Balaban J connectivity index is 2.28. The molecule has 2 aromatic carbocycles. The minimum Gasteiger partial charge on any atom is -0.394 e. The molecule has 3 rings (SSSR count). The molecule has 0 unspecified atom stereocenters. The van der Waals surface area contributed by atoms with Crippen molar-refractivity contribution in [3.8, 4) is 0 Å². The molecule has 2 aromatic rings. The highest BCUT2D eigenvalue weighted by Gasteiger charge is 2.33. The molecular weight excluding hydrogens is 318 g/mol. The maximum Gasteiger partial charge on any atom is 0.0612 e. The number of hydrogen-bond donors (Lipinski definition) is 1. The Kier molecular flexibility index (Phi) is 3.25. The van der Waals surface area contributed by atoms with Crippen LogP contribution in [-0.2, 0) is 0 Å². The van der Waals surface area contributed by atoms with Gasteiger partial charge in [0.05, 0.1) is 5.03 Å². The Hall–Kier alpha value is -1.45. The molecule has 1 aliphatic heterocycles. The quantitative estimate of drug-likeness (QED) is 0.826. The summed E-state index contributed by atoms with van der Waals surface area (Å²) in [5.74, 6) is 0. The van der Waals surface area contributed by atoms with Crippen LogP contribution >= 0.6 is 26.0 Å². The Morgan fingerprint density at radius 1 is 0.789 bits per heavy atom. The maximum absolute atomic E-state index is 6.38. The van der Waals surface area contributed by atoms with Gasteiger partial charge in [-0.05, 0) is 35.7 Å². The highest BCUT2D eigenvalue weighted by atomic mass is 79.9. The summed E-state index contributed by atoms with van der Waals surface area (Å²) in [6.45, 7) is 0. The van der Waals surface area contributed by atoms with Gasteiger partial charge in [0, 0.05) is 14.3 Å². The number of nitrogens with two attached hydrogens (primary N) is 1. The van der Waals surface area contributed by atoms with Crippen LogP contribution in [0.25, 0.3) is 0 Å². The zero-order valence-corrected chi connectivity index (χ0v) is 12.7. The molecule has 0 amide bonds. The van der Waals surface area contributed by atoms with Crippen LogP contribution in [-0.4, -0.2) is 0 Å². The molecule has 0 saturated heterocycles. The van der Waals surface area contributed by atoms with Gasteiger partial charge < -0.3 is 5.73 Å². The molecule has 0 radical (unpaired) electrons. The highest BCUT2D eigenvalue weighted by molar-refractivity contribution is 9.12. The van der Waals surface area contributed by atoms with Crippen LogP contribution < -0.4 is 5.73 Å². The SMILES string of the molecule is NC1=CC(Br)=CS1(c1ccccc1)c1ccccc1. The van der Waals surface area contributed by atoms with Crippen molar-refractivity contribution in [3.05, 3.63) is 81.7 Å². The van der Waals surface area contributed by atoms with E-state index in [1.807, 2.05) is 18.2 Å². The van der Waals surface area contributed by atoms with Gasteiger partial charge >= 0.3 is 0 Å². The standard InChI is InChI=1S/C16H14BrNS/c17-13-11-16(18)19(12-13,14-7-3-1-4-8-14)15-9-5-2-6-10-15/h1-12H,18H2. The van der Waals surface area contributed by atoms with Gasteiger partial charge in [-0.2, -0.15) is 0 Å². The molecule has 0 aliphatic carbocycles. The van der Waals surface area contributed by atoms with E-state index in [-0.39, 0.29) is 0 Å². The van der Waals surface area contributed by atoms with Gasteiger partial charge in [-0.15, -0.1) is 10.0 Å². The molecule has 3 heteroatoms. The van der Waals surface area contributed by atoms with Crippen LogP contribution in [0.1, 0.15) is 0 Å². The first-order valence-corrected chi connectivity index (χ1v) is 8.50. The summed E-state index contributed by atoms with van der Waals surface area (Å²) >= 11 is 3.57. The van der Waals surface area contributed by atoms with Gasteiger partial charge in [-0.1, -0.05) is 52.3 Å². The van der Waals surface area contributed by atoms with Crippen molar-refractivity contribution in [2.24, 2.45) is 5.73 Å². The molecular formula is C16H14BrNS. The van der Waals surface area contributed by atoms with E-state index in [0.29, 0.717) is 0 Å². The fraction of sp³-hybridized carbons (Fsp3) is 0. The number of rotatable bonds is 2. The summed E-state index contributed by atoms with van der Waals surface area (Å²) in [6, 6.07) is 21.0. The van der Waals surface area contributed by atoms with E-state index < -0.39 is 10.0 Å². The summed E-state index contributed by atoms with van der Waals surface area (Å²) < 4.78 is 1.06. The molecule has 0 spiro atoms. The van der Waals surface area contributed by atoms with Crippen molar-refractivity contribution in [1.29, 1.82) is 0 Å². The van der Waals surface area contributed by atoms with E-state index in [9.17, 15) is 0 Å². The Morgan fingerprint density at radius 2 is 1.26 bits per heavy atom. The molecule has 1 heterocycles. The predicted octanol–water partition coefficient (Wildman–Crippen LogP) is 4.96. The van der Waals surface area contributed by atoms with Gasteiger partial charge in [-0.3, -0.25) is 0 Å². The van der Waals surface area contributed by atoms with Gasteiger partial charge in [0.2, 0.25) is 0 Å². The van der Waals surface area contributed by atoms with Gasteiger partial charge in [0.1, 0.15) is 0 Å². The molecule has 0 aromatic heterocycles. The van der Waals surface area contributed by atoms with Crippen LogP contribution in [0.5, 0.6) is 0 Å². The van der Waals surface area contributed by atoms with E-state index in [0.717, 1.165) is 9.51 Å². The largest absolute Gasteiger partial charge is 0.394 e. The van der Waals surface area contributed by atoms with E-state index in [2.05, 4.69) is 69.9 Å². The smallest absolute Gasteiger partial charge is 0.0612 e. The lowest BCUT2D eigenvalue weighted by Gasteiger charge is -2.35. The molecule has 0 fully saturated rings. The summed E-state index contributed by atoms with van der Waals surface area (Å²) in [5.41, 5.74) is 6.38. The van der Waals surface area contributed by atoms with E-state index in [4.69, 9.17) is 5.73 Å². The zero-order valence-electron chi connectivity index (χ0n) is 10.3. The molecule has 0 bridgehead atoms. The van der Waals surface area contributed by atoms with Crippen LogP contribution in [0.3, 0.4) is 0 Å². The maximum atomic E-state index is 6.38. The zero-order chi connectivity index (χ0) is 13.3. The normalized spacial score (nSPS) is 18.6. The first-order valence-electron chi connectivity index (χ1n) is 6.01. The average Bonchev–Trinajstić information content (AvgIpc) is 2.76. The summed E-state index contributed by atoms with van der Waals surface area (Å²) in [6.07, 6.45) is 2.02. The topological polar surface area (TPSA) is 26.0 Å². The molecule has 2 N–H and O–H groups in total. The molecule has 1 aliphatic rings. The van der Waals surface area contributed by atoms with Crippen molar-refractivity contribution >= 4 is 26.0 Å². The Labute approximate surface area is 123 Å². The summed E-state index contributed by atoms with van der Waals surface area (Å²) in [4.78, 5) is 2.54. The van der Waals surface area contributed by atoms with Crippen LogP contribution in [0.4, 0.5) is 0 Å². The average molecular weight is 332 g/mol. The van der Waals surface area contributed by atoms with Crippen molar-refractivity contribution in [2.45, 2.75) is 9.79 Å². The second-order valence-corrected chi connectivity index (χ2v) is 8.22. The first kappa shape index (κ1) is 12.6. The minimum atomic E-state index is -1.42. The molecule has 96 valence electrons. The van der Waals surface area contributed by atoms with Crippen molar-refractivity contribution in [2.75, 3.05) is 0 Å². The van der Waals surface area contributed by atoms with Crippen LogP contribution in [0, 0.1) is 0 Å². The Morgan fingerprint density at radius 3 is 1.63 bits per heavy atom. The number of hydrogen-bond acceptors (Lipinski definition) is 1. The summed E-state index contributed by atoms with van der Waals surface area (Å²) in [5, 5.41) is 3.18. The number of benzene rings is 2. The van der Waals surface area contributed by atoms with E-state index in [1.165, 1.54) is 9.79 Å². The van der Waals surface area contributed by atoms with Gasteiger partial charge in [0.15, 0.2) is 0 Å². The lowest BCUT2D eigenvalue weighted by atomic mass is 10.4. The lowest BCUT2D eigenvalue weighted by molar-refractivity contribution is 1.35. The van der Waals surface area contributed by atoms with Gasteiger partial charge in [-0.25, -0.2) is 0 Å². The third-order valence-corrected chi connectivity index (χ3v) is 7.43. The van der Waals surface area contributed by atoms with E-state index >= 15 is 0 Å². The molecule has 0 atom stereocenters. The fourth-order valence-corrected chi connectivity index (χ4v) is 6.67. The minimum absolute atomic E-state index is 0.928.